The smallest absolute Gasteiger partial charge is 0.311 e. The summed E-state index contributed by atoms with van der Waals surface area (Å²) in [4.78, 5) is 45.2. The fraction of sp³-hybridized carbons (Fsp3) is 0.552. The molecule has 4 rings (SSSR count). The molecule has 2 bridgehead atoms. The number of halogens is 1. The van der Waals surface area contributed by atoms with E-state index in [4.69, 9.17) is 14.6 Å². The molecular formula is C29H37BrN2O6S. The molecule has 2 amide bonds. The monoisotopic (exact) mass is 620 g/mol. The maximum atomic E-state index is 14.5. The summed E-state index contributed by atoms with van der Waals surface area (Å²) < 4.78 is 10.0. The molecule has 3 aliphatic heterocycles. The van der Waals surface area contributed by atoms with Crippen molar-refractivity contribution in [3.8, 4) is 5.75 Å². The summed E-state index contributed by atoms with van der Waals surface area (Å²) in [7, 11) is 1.59. The number of fused-ring (bicyclic) bond motifs is 1. The Hall–Kier alpha value is -2.30. The lowest BCUT2D eigenvalue weighted by molar-refractivity contribution is -0.153. The van der Waals surface area contributed by atoms with Crippen LogP contribution in [0.4, 0.5) is 5.69 Å². The predicted molar refractivity (Wildman–Crippen MR) is 156 cm³/mol. The minimum Gasteiger partial charge on any atom is -0.497 e. The third-order valence-corrected chi connectivity index (χ3v) is 11.1. The number of benzene rings is 1. The maximum Gasteiger partial charge on any atom is 0.311 e. The van der Waals surface area contributed by atoms with Crippen LogP contribution in [-0.2, 0) is 19.1 Å². The molecule has 212 valence electrons. The second kappa shape index (κ2) is 12.9. The van der Waals surface area contributed by atoms with Gasteiger partial charge in [0.25, 0.3) is 5.91 Å². The SMILES string of the molecule is C=CCOC(=O)[C@H]1[C@H]2C(=O)N(CCCCCCO)C(C(=O)N(CC=C)c3ccc(OC)cc3)C23CC(Br)[C@@H]1S3. The number of carbonyl (C=O) groups excluding carboxylic acids is 3. The van der Waals surface area contributed by atoms with Gasteiger partial charge in [-0.25, -0.2) is 0 Å². The fourth-order valence-corrected chi connectivity index (χ4v) is 9.86. The van der Waals surface area contributed by atoms with Gasteiger partial charge in [0, 0.05) is 35.5 Å². The van der Waals surface area contributed by atoms with Crippen molar-refractivity contribution in [1.82, 2.24) is 4.90 Å². The highest BCUT2D eigenvalue weighted by Gasteiger charge is 2.76. The number of likely N-dealkylation sites (tertiary alicyclic amines) is 1. The molecule has 0 saturated carbocycles. The first-order chi connectivity index (χ1) is 18.8. The number of amides is 2. The first kappa shape index (κ1) is 29.7. The van der Waals surface area contributed by atoms with Crippen LogP contribution < -0.4 is 9.64 Å². The number of rotatable bonds is 14. The van der Waals surface area contributed by atoms with Gasteiger partial charge in [-0.05, 0) is 43.5 Å². The maximum absolute atomic E-state index is 14.5. The van der Waals surface area contributed by atoms with Crippen LogP contribution in [0.3, 0.4) is 0 Å². The number of alkyl halides is 1. The summed E-state index contributed by atoms with van der Waals surface area (Å²) in [6.07, 6.45) is 6.88. The summed E-state index contributed by atoms with van der Waals surface area (Å²) in [5.41, 5.74) is 0.686. The first-order valence-corrected chi connectivity index (χ1v) is 15.2. The van der Waals surface area contributed by atoms with Gasteiger partial charge in [-0.15, -0.1) is 18.3 Å². The van der Waals surface area contributed by atoms with Gasteiger partial charge in [0.1, 0.15) is 18.4 Å². The highest BCUT2D eigenvalue weighted by molar-refractivity contribution is 9.09. The van der Waals surface area contributed by atoms with E-state index in [1.165, 1.54) is 6.08 Å². The summed E-state index contributed by atoms with van der Waals surface area (Å²) in [5.74, 6) is -1.34. The van der Waals surface area contributed by atoms with Crippen molar-refractivity contribution in [3.05, 3.63) is 49.6 Å². The van der Waals surface area contributed by atoms with E-state index in [2.05, 4.69) is 29.1 Å². The number of nitrogens with zero attached hydrogens (tertiary/aromatic N) is 2. The van der Waals surface area contributed by atoms with Crippen LogP contribution in [0.5, 0.6) is 5.75 Å². The molecule has 39 heavy (non-hydrogen) atoms. The van der Waals surface area contributed by atoms with Gasteiger partial charge in [-0.1, -0.05) is 47.5 Å². The van der Waals surface area contributed by atoms with Gasteiger partial charge in [-0.2, -0.15) is 0 Å². The zero-order chi connectivity index (χ0) is 28.2. The van der Waals surface area contributed by atoms with E-state index in [9.17, 15) is 14.4 Å². The molecule has 3 unspecified atom stereocenters. The van der Waals surface area contributed by atoms with Crippen molar-refractivity contribution >= 4 is 51.2 Å². The second-order valence-electron chi connectivity index (χ2n) is 10.2. The molecule has 1 aromatic carbocycles. The van der Waals surface area contributed by atoms with Gasteiger partial charge in [0.05, 0.1) is 23.7 Å². The zero-order valence-electron chi connectivity index (χ0n) is 22.3. The van der Waals surface area contributed by atoms with Crippen molar-refractivity contribution in [2.45, 2.75) is 53.0 Å². The summed E-state index contributed by atoms with van der Waals surface area (Å²) >= 11 is 5.37. The molecule has 3 aliphatic rings. The van der Waals surface area contributed by atoms with E-state index in [1.54, 1.807) is 46.9 Å². The lowest BCUT2D eigenvalue weighted by Crippen LogP contribution is -2.55. The van der Waals surface area contributed by atoms with Crippen LogP contribution in [0.25, 0.3) is 0 Å². The topological polar surface area (TPSA) is 96.4 Å². The summed E-state index contributed by atoms with van der Waals surface area (Å²) in [6.45, 7) is 8.40. The molecule has 6 atom stereocenters. The molecule has 1 N–H and O–H groups in total. The molecule has 3 heterocycles. The normalized spacial score (nSPS) is 28.7. The minimum atomic E-state index is -0.748. The Morgan fingerprint density at radius 1 is 1.21 bits per heavy atom. The van der Waals surface area contributed by atoms with Crippen LogP contribution >= 0.6 is 27.7 Å². The Morgan fingerprint density at radius 2 is 1.92 bits per heavy atom. The van der Waals surface area contributed by atoms with E-state index in [-0.39, 0.29) is 41.6 Å². The van der Waals surface area contributed by atoms with E-state index >= 15 is 0 Å². The van der Waals surface area contributed by atoms with Crippen LogP contribution in [0, 0.1) is 11.8 Å². The Balaban J connectivity index is 1.71. The van der Waals surface area contributed by atoms with Crippen molar-refractivity contribution in [1.29, 1.82) is 0 Å². The van der Waals surface area contributed by atoms with Crippen LogP contribution in [0.2, 0.25) is 0 Å². The number of aliphatic hydroxyl groups excluding tert-OH is 1. The highest BCUT2D eigenvalue weighted by Crippen LogP contribution is 2.68. The van der Waals surface area contributed by atoms with Crippen molar-refractivity contribution in [2.75, 3.05) is 38.3 Å². The minimum absolute atomic E-state index is 0.0264. The number of hydrogen-bond donors (Lipinski definition) is 1. The summed E-state index contributed by atoms with van der Waals surface area (Å²) in [6, 6.07) is 6.52. The van der Waals surface area contributed by atoms with Crippen LogP contribution in [0.1, 0.15) is 32.1 Å². The van der Waals surface area contributed by atoms with Gasteiger partial charge < -0.3 is 24.4 Å². The van der Waals surface area contributed by atoms with Crippen molar-refractivity contribution in [3.63, 3.8) is 0 Å². The van der Waals surface area contributed by atoms with Crippen LogP contribution in [-0.4, -0.2) is 82.1 Å². The van der Waals surface area contributed by atoms with Crippen LogP contribution in [0.15, 0.2) is 49.6 Å². The zero-order valence-corrected chi connectivity index (χ0v) is 24.7. The molecule has 1 aromatic rings. The Bertz CT molecular complexity index is 1080. The molecular weight excluding hydrogens is 584 g/mol. The lowest BCUT2D eigenvalue weighted by atomic mass is 9.71. The number of unbranched alkanes of at least 4 members (excludes halogenated alkanes) is 3. The molecule has 0 aliphatic carbocycles. The molecule has 3 saturated heterocycles. The van der Waals surface area contributed by atoms with Gasteiger partial charge in [0.2, 0.25) is 5.91 Å². The third kappa shape index (κ3) is 5.52. The van der Waals surface area contributed by atoms with E-state index in [0.29, 0.717) is 37.2 Å². The Morgan fingerprint density at radius 3 is 2.56 bits per heavy atom. The Labute approximate surface area is 242 Å². The molecule has 0 aromatic heterocycles. The average molecular weight is 622 g/mol. The number of anilines is 1. The fourth-order valence-electron chi connectivity index (χ4n) is 6.26. The average Bonchev–Trinajstić information content (AvgIpc) is 3.53. The molecule has 1 spiro atoms. The lowest BCUT2D eigenvalue weighted by Gasteiger charge is -2.37. The predicted octanol–water partition coefficient (Wildman–Crippen LogP) is 3.96. The quantitative estimate of drug-likeness (QED) is 0.146. The first-order valence-electron chi connectivity index (χ1n) is 13.4. The van der Waals surface area contributed by atoms with E-state index in [1.807, 2.05) is 12.1 Å². The molecule has 3 fully saturated rings. The number of esters is 1. The second-order valence-corrected chi connectivity index (χ2v) is 12.9. The Kier molecular flexibility index (Phi) is 9.82. The number of aliphatic hydroxyl groups is 1. The number of carbonyl (C=O) groups is 3. The number of ether oxygens (including phenoxy) is 2. The van der Waals surface area contributed by atoms with E-state index < -0.39 is 28.6 Å². The van der Waals surface area contributed by atoms with Gasteiger partial charge in [0.15, 0.2) is 0 Å². The van der Waals surface area contributed by atoms with Gasteiger partial charge >= 0.3 is 5.97 Å². The van der Waals surface area contributed by atoms with Crippen molar-refractivity contribution in [2.24, 2.45) is 11.8 Å². The highest BCUT2D eigenvalue weighted by atomic mass is 79.9. The van der Waals surface area contributed by atoms with Crippen molar-refractivity contribution < 1.29 is 29.0 Å². The largest absolute Gasteiger partial charge is 0.497 e. The molecule has 8 nitrogen and oxygen atoms in total. The van der Waals surface area contributed by atoms with E-state index in [0.717, 1.165) is 12.8 Å². The third-order valence-electron chi connectivity index (χ3n) is 7.91. The molecule has 10 heteroatoms. The molecule has 0 radical (unpaired) electrons. The summed E-state index contributed by atoms with van der Waals surface area (Å²) in [5, 5.41) is 8.99. The number of methoxy groups -OCH3 is 1. The standard InChI is InChI=1S/C29H37BrN2O6S/c1-4-14-31(19-10-12-20(37-3)13-11-19)27(35)25-29-18-21(30)24(39-29)22(28(36)38-17-5-2)23(29)26(34)32(25)15-8-6-7-9-16-33/h4-5,10-13,21-25,33H,1-2,6-9,14-18H2,3H3/t21?,22-,23-,24-,25?,29?/m0/s1. The van der Waals surface area contributed by atoms with Gasteiger partial charge in [-0.3, -0.25) is 14.4 Å². The number of hydrogen-bond acceptors (Lipinski definition) is 7. The number of thioether (sulfide) groups is 1.